The zero-order valence-corrected chi connectivity index (χ0v) is 25.4. The third-order valence-electron chi connectivity index (χ3n) is 9.92. The van der Waals surface area contributed by atoms with Gasteiger partial charge in [-0.1, -0.05) is 66.7 Å². The van der Waals surface area contributed by atoms with Gasteiger partial charge in [0.05, 0.1) is 18.8 Å². The molecule has 3 N–H and O–H groups in total. The Bertz CT molecular complexity index is 1350. The largest absolute Gasteiger partial charge is 0.392 e. The van der Waals surface area contributed by atoms with Gasteiger partial charge in [-0.05, 0) is 85.1 Å². The van der Waals surface area contributed by atoms with Crippen molar-refractivity contribution < 1.29 is 19.4 Å². The molecule has 1 heterocycles. The quantitative estimate of drug-likeness (QED) is 0.226. The summed E-state index contributed by atoms with van der Waals surface area (Å²) in [4.78, 5) is 14.2. The van der Waals surface area contributed by atoms with Gasteiger partial charge in [0.2, 0.25) is 0 Å². The molecule has 1 aliphatic heterocycles. The molecule has 0 aromatic heterocycles. The van der Waals surface area contributed by atoms with Crippen LogP contribution in [-0.4, -0.2) is 28.5 Å². The van der Waals surface area contributed by atoms with E-state index in [2.05, 4.69) is 59.2 Å². The van der Waals surface area contributed by atoms with Crippen LogP contribution in [0.2, 0.25) is 0 Å². The number of carbonyl (C=O) groups excluding carboxylic acids is 1. The second-order valence-corrected chi connectivity index (χ2v) is 14.3. The molecule has 3 aromatic rings. The Morgan fingerprint density at radius 2 is 1.42 bits per heavy atom. The maximum absolute atomic E-state index is 12.9. The van der Waals surface area contributed by atoms with Crippen molar-refractivity contribution in [1.29, 1.82) is 0 Å². The molecule has 3 aromatic carbocycles. The molecule has 5 fully saturated rings. The van der Waals surface area contributed by atoms with Crippen LogP contribution < -0.4 is 10.6 Å². The molecular weight excluding hydrogens is 556 g/mol. The van der Waals surface area contributed by atoms with Crippen LogP contribution in [0, 0.1) is 17.8 Å². The molecule has 226 valence electrons. The van der Waals surface area contributed by atoms with Gasteiger partial charge in [-0.2, -0.15) is 0 Å². The van der Waals surface area contributed by atoms with E-state index >= 15 is 0 Å². The summed E-state index contributed by atoms with van der Waals surface area (Å²) in [5.41, 5.74) is 4.01. The molecule has 3 unspecified atom stereocenters. The Morgan fingerprint density at radius 3 is 2.07 bits per heavy atom. The highest BCUT2D eigenvalue weighted by Gasteiger charge is 2.51. The van der Waals surface area contributed by atoms with Gasteiger partial charge < -0.3 is 25.2 Å². The van der Waals surface area contributed by atoms with Gasteiger partial charge in [0, 0.05) is 34.7 Å². The smallest absolute Gasteiger partial charge is 0.315 e. The lowest BCUT2D eigenvalue weighted by Crippen LogP contribution is -2.61. The predicted octanol–water partition coefficient (Wildman–Crippen LogP) is 7.28. The van der Waals surface area contributed by atoms with Crippen LogP contribution in [0.3, 0.4) is 0 Å². The molecular formula is C36H42N2O4S. The van der Waals surface area contributed by atoms with Crippen molar-refractivity contribution in [2.75, 3.05) is 5.75 Å². The lowest BCUT2D eigenvalue weighted by atomic mass is 9.53. The summed E-state index contributed by atoms with van der Waals surface area (Å²) in [7, 11) is 0. The normalized spacial score (nSPS) is 31.1. The third kappa shape index (κ3) is 6.80. The van der Waals surface area contributed by atoms with E-state index < -0.39 is 6.29 Å². The predicted molar refractivity (Wildman–Crippen MR) is 168 cm³/mol. The minimum absolute atomic E-state index is 0.0149. The molecule has 4 bridgehead atoms. The SMILES string of the molecule is O=C(NCc1ccc(C2OC(CSc3ccccc3)CC(c3ccc(CO)cc3)O2)cc1)NC12CC3CC(CC(C3)C1)C2. The van der Waals surface area contributed by atoms with Crippen molar-refractivity contribution in [1.82, 2.24) is 10.6 Å². The summed E-state index contributed by atoms with van der Waals surface area (Å²) in [6, 6.07) is 26.6. The first-order valence-electron chi connectivity index (χ1n) is 15.9. The van der Waals surface area contributed by atoms with E-state index in [1.165, 1.54) is 24.2 Å². The summed E-state index contributed by atoms with van der Waals surface area (Å²) in [6.07, 6.45) is 7.74. The first-order valence-corrected chi connectivity index (χ1v) is 16.8. The maximum atomic E-state index is 12.9. The Hall–Kier alpha value is -2.84. The Kier molecular flexibility index (Phi) is 8.50. The number of urea groups is 1. The number of hydrogen-bond donors (Lipinski definition) is 3. The van der Waals surface area contributed by atoms with Gasteiger partial charge >= 0.3 is 6.03 Å². The first-order chi connectivity index (χ1) is 21.0. The van der Waals surface area contributed by atoms with Crippen LogP contribution >= 0.6 is 11.8 Å². The second-order valence-electron chi connectivity index (χ2n) is 13.2. The van der Waals surface area contributed by atoms with Crippen LogP contribution in [0.4, 0.5) is 4.79 Å². The summed E-state index contributed by atoms with van der Waals surface area (Å²) < 4.78 is 13.0. The number of thioether (sulfide) groups is 1. The lowest BCUT2D eigenvalue weighted by molar-refractivity contribution is -0.245. The molecule has 8 rings (SSSR count). The van der Waals surface area contributed by atoms with E-state index in [1.54, 1.807) is 11.8 Å². The fourth-order valence-electron chi connectivity index (χ4n) is 8.25. The van der Waals surface area contributed by atoms with Gasteiger partial charge in [0.15, 0.2) is 6.29 Å². The Balaban J connectivity index is 0.982. The molecule has 6 nitrogen and oxygen atoms in total. The van der Waals surface area contributed by atoms with E-state index in [0.717, 1.165) is 71.4 Å². The lowest BCUT2D eigenvalue weighted by Gasteiger charge is -2.56. The molecule has 2 amide bonds. The van der Waals surface area contributed by atoms with Crippen LogP contribution in [0.5, 0.6) is 0 Å². The molecule has 4 saturated carbocycles. The van der Waals surface area contributed by atoms with Gasteiger partial charge in [-0.3, -0.25) is 0 Å². The monoisotopic (exact) mass is 598 g/mol. The molecule has 0 spiro atoms. The Labute approximate surface area is 258 Å². The average molecular weight is 599 g/mol. The fourth-order valence-corrected chi connectivity index (χ4v) is 9.19. The molecule has 7 heteroatoms. The van der Waals surface area contributed by atoms with Gasteiger partial charge in [-0.25, -0.2) is 4.79 Å². The van der Waals surface area contributed by atoms with Crippen molar-refractivity contribution in [2.24, 2.45) is 17.8 Å². The maximum Gasteiger partial charge on any atom is 0.315 e. The fraction of sp³-hybridized carbons (Fsp3) is 0.472. The number of hydrogen-bond acceptors (Lipinski definition) is 5. The Morgan fingerprint density at radius 1 is 0.791 bits per heavy atom. The summed E-state index contributed by atoms with van der Waals surface area (Å²) in [5.74, 6) is 3.24. The number of carbonyl (C=O) groups is 1. The highest BCUT2D eigenvalue weighted by atomic mass is 32.2. The number of ether oxygens (including phenoxy) is 2. The number of rotatable bonds is 9. The van der Waals surface area contributed by atoms with Crippen LogP contribution in [0.15, 0.2) is 83.8 Å². The van der Waals surface area contributed by atoms with E-state index in [-0.39, 0.29) is 30.4 Å². The van der Waals surface area contributed by atoms with Crippen molar-refractivity contribution in [2.45, 2.75) is 87.0 Å². The van der Waals surface area contributed by atoms with Gasteiger partial charge in [0.1, 0.15) is 0 Å². The number of aliphatic hydroxyl groups is 1. The molecule has 43 heavy (non-hydrogen) atoms. The molecule has 1 saturated heterocycles. The molecule has 4 aliphatic carbocycles. The van der Waals surface area contributed by atoms with E-state index in [0.29, 0.717) is 6.54 Å². The molecule has 5 aliphatic rings. The first kappa shape index (κ1) is 28.9. The number of benzene rings is 3. The van der Waals surface area contributed by atoms with Crippen LogP contribution in [-0.2, 0) is 22.6 Å². The zero-order chi connectivity index (χ0) is 29.2. The third-order valence-corrected chi connectivity index (χ3v) is 11.1. The van der Waals surface area contributed by atoms with E-state index in [1.807, 2.05) is 30.3 Å². The summed E-state index contributed by atoms with van der Waals surface area (Å²) in [6.45, 7) is 0.514. The zero-order valence-electron chi connectivity index (χ0n) is 24.6. The van der Waals surface area contributed by atoms with Crippen molar-refractivity contribution in [3.63, 3.8) is 0 Å². The number of nitrogens with one attached hydrogen (secondary N) is 2. The van der Waals surface area contributed by atoms with Crippen molar-refractivity contribution in [3.8, 4) is 0 Å². The minimum atomic E-state index is -0.487. The highest BCUT2D eigenvalue weighted by Crippen LogP contribution is 2.55. The number of amides is 2. The van der Waals surface area contributed by atoms with Gasteiger partial charge in [-0.15, -0.1) is 11.8 Å². The molecule has 0 radical (unpaired) electrons. The topological polar surface area (TPSA) is 79.8 Å². The average Bonchev–Trinajstić information content (AvgIpc) is 3.02. The van der Waals surface area contributed by atoms with Crippen LogP contribution in [0.1, 0.15) is 79.6 Å². The van der Waals surface area contributed by atoms with Crippen molar-refractivity contribution >= 4 is 17.8 Å². The van der Waals surface area contributed by atoms with E-state index in [9.17, 15) is 9.90 Å². The standard InChI is InChI=1S/C36H42N2O4S/c39-22-25-8-10-29(11-9-25)33-17-31(23-43-32-4-2-1-3-5-32)41-34(42-33)30-12-6-24(7-13-30)21-37-35(40)38-36-18-26-14-27(19-36)16-28(15-26)20-36/h1-13,26-28,31,33-34,39H,14-23H2,(H2,37,38,40). The van der Waals surface area contributed by atoms with Crippen molar-refractivity contribution in [3.05, 3.63) is 101 Å². The minimum Gasteiger partial charge on any atom is -0.392 e. The van der Waals surface area contributed by atoms with Gasteiger partial charge in [0.25, 0.3) is 0 Å². The summed E-state index contributed by atoms with van der Waals surface area (Å²) >= 11 is 1.80. The van der Waals surface area contributed by atoms with E-state index in [4.69, 9.17) is 9.47 Å². The summed E-state index contributed by atoms with van der Waals surface area (Å²) in [5, 5.41) is 16.0. The highest BCUT2D eigenvalue weighted by molar-refractivity contribution is 7.99. The second kappa shape index (κ2) is 12.6. The van der Waals surface area contributed by atoms with Crippen LogP contribution in [0.25, 0.3) is 0 Å². The molecule has 3 atom stereocenters. The number of aliphatic hydroxyl groups excluding tert-OH is 1.